The fourth-order valence-corrected chi connectivity index (χ4v) is 1.44. The molecule has 1 saturated carbocycles. The number of ether oxygens (including phenoxy) is 1. The van der Waals surface area contributed by atoms with E-state index in [1.807, 2.05) is 0 Å². The minimum atomic E-state index is -1.26. The van der Waals surface area contributed by atoms with Gasteiger partial charge in [-0.25, -0.2) is 9.59 Å². The summed E-state index contributed by atoms with van der Waals surface area (Å²) in [7, 11) is 1.54. The van der Waals surface area contributed by atoms with E-state index in [2.05, 4.69) is 5.32 Å². The highest BCUT2D eigenvalue weighted by Crippen LogP contribution is 2.26. The van der Waals surface area contributed by atoms with Crippen LogP contribution in [-0.2, 0) is 9.53 Å². The molecule has 0 heterocycles. The Kier molecular flexibility index (Phi) is 5.17. The van der Waals surface area contributed by atoms with E-state index in [1.165, 1.54) is 7.11 Å². The molecular weight excluding hydrogens is 228 g/mol. The number of methoxy groups -OCH3 is 1. The van der Waals surface area contributed by atoms with Crippen molar-refractivity contribution >= 4 is 12.0 Å². The van der Waals surface area contributed by atoms with Gasteiger partial charge >= 0.3 is 12.0 Å². The Labute approximate surface area is 99.4 Å². The van der Waals surface area contributed by atoms with Gasteiger partial charge in [0.25, 0.3) is 0 Å². The molecule has 1 aliphatic carbocycles. The average Bonchev–Trinajstić information content (AvgIpc) is 3.10. The van der Waals surface area contributed by atoms with Crippen LogP contribution in [-0.4, -0.2) is 66.1 Å². The molecule has 1 aliphatic rings. The maximum Gasteiger partial charge on any atom is 0.328 e. The molecule has 0 unspecified atom stereocenters. The van der Waals surface area contributed by atoms with Gasteiger partial charge in [0, 0.05) is 19.7 Å². The third-order valence-corrected chi connectivity index (χ3v) is 2.56. The molecule has 0 radical (unpaired) electrons. The lowest BCUT2D eigenvalue weighted by Crippen LogP contribution is -2.51. The third kappa shape index (κ3) is 4.20. The zero-order chi connectivity index (χ0) is 12.8. The molecule has 1 fully saturated rings. The van der Waals surface area contributed by atoms with Crippen LogP contribution in [0.1, 0.15) is 12.8 Å². The Hall–Kier alpha value is -1.34. The first kappa shape index (κ1) is 13.7. The molecule has 1 atom stereocenters. The summed E-state index contributed by atoms with van der Waals surface area (Å²) in [5, 5.41) is 19.8. The van der Waals surface area contributed by atoms with E-state index in [9.17, 15) is 9.59 Å². The number of carbonyl (C=O) groups is 2. The van der Waals surface area contributed by atoms with E-state index in [0.717, 1.165) is 12.8 Å². The van der Waals surface area contributed by atoms with E-state index >= 15 is 0 Å². The molecule has 1 rings (SSSR count). The first-order valence-electron chi connectivity index (χ1n) is 5.50. The fraction of sp³-hybridized carbons (Fsp3) is 0.800. The lowest BCUT2D eigenvalue weighted by molar-refractivity contribution is -0.140. The minimum absolute atomic E-state index is 0.165. The number of nitrogens with zero attached hydrogens (tertiary/aromatic N) is 1. The van der Waals surface area contributed by atoms with Gasteiger partial charge in [0.2, 0.25) is 0 Å². The van der Waals surface area contributed by atoms with Gasteiger partial charge < -0.3 is 25.2 Å². The van der Waals surface area contributed by atoms with Crippen LogP contribution in [0.4, 0.5) is 4.79 Å². The van der Waals surface area contributed by atoms with Crippen molar-refractivity contribution in [1.82, 2.24) is 10.2 Å². The summed E-state index contributed by atoms with van der Waals surface area (Å²) in [5.41, 5.74) is 0. The SMILES string of the molecule is COCCN(C(=O)N[C@H](CO)C(=O)O)C1CC1. The number of urea groups is 1. The summed E-state index contributed by atoms with van der Waals surface area (Å²) in [4.78, 5) is 24.0. The molecule has 7 nitrogen and oxygen atoms in total. The number of rotatable bonds is 7. The van der Waals surface area contributed by atoms with Crippen molar-refractivity contribution in [2.45, 2.75) is 24.9 Å². The number of aliphatic hydroxyl groups is 1. The largest absolute Gasteiger partial charge is 0.480 e. The number of hydrogen-bond acceptors (Lipinski definition) is 4. The Morgan fingerprint density at radius 1 is 1.53 bits per heavy atom. The van der Waals surface area contributed by atoms with Crippen molar-refractivity contribution in [3.63, 3.8) is 0 Å². The molecule has 17 heavy (non-hydrogen) atoms. The Morgan fingerprint density at radius 2 is 2.18 bits per heavy atom. The monoisotopic (exact) mass is 246 g/mol. The summed E-state index contributed by atoms with van der Waals surface area (Å²) >= 11 is 0. The number of carboxylic acids is 1. The van der Waals surface area contributed by atoms with Crippen LogP contribution in [0.5, 0.6) is 0 Å². The highest BCUT2D eigenvalue weighted by molar-refractivity contribution is 5.83. The van der Waals surface area contributed by atoms with Crippen molar-refractivity contribution in [3.8, 4) is 0 Å². The maximum atomic E-state index is 11.8. The van der Waals surface area contributed by atoms with Gasteiger partial charge in [-0.2, -0.15) is 0 Å². The standard InChI is InChI=1S/C10H18N2O5/c1-17-5-4-12(7-2-3-7)10(16)11-8(6-13)9(14)15/h7-8,13H,2-6H2,1H3,(H,11,16)(H,14,15)/t8-/m1/s1. The van der Waals surface area contributed by atoms with E-state index in [0.29, 0.717) is 13.2 Å². The average molecular weight is 246 g/mol. The summed E-state index contributed by atoms with van der Waals surface area (Å²) in [6.07, 6.45) is 1.85. The Bertz CT molecular complexity index is 280. The zero-order valence-electron chi connectivity index (χ0n) is 9.76. The normalized spacial score (nSPS) is 16.4. The van der Waals surface area contributed by atoms with Crippen LogP contribution in [0, 0.1) is 0 Å². The maximum absolute atomic E-state index is 11.8. The van der Waals surface area contributed by atoms with Crippen molar-refractivity contribution in [2.75, 3.05) is 26.9 Å². The highest BCUT2D eigenvalue weighted by Gasteiger charge is 2.33. The number of nitrogens with one attached hydrogen (secondary N) is 1. The van der Waals surface area contributed by atoms with Crippen LogP contribution < -0.4 is 5.32 Å². The number of hydrogen-bond donors (Lipinski definition) is 3. The minimum Gasteiger partial charge on any atom is -0.480 e. The van der Waals surface area contributed by atoms with Crippen molar-refractivity contribution in [3.05, 3.63) is 0 Å². The molecule has 0 aromatic heterocycles. The summed E-state index contributed by atoms with van der Waals surface area (Å²) in [6, 6.07) is -1.56. The molecule has 2 amide bonds. The second-order valence-electron chi connectivity index (χ2n) is 3.94. The molecular formula is C10H18N2O5. The predicted octanol–water partition coefficient (Wildman–Crippen LogP) is -0.748. The molecule has 0 saturated heterocycles. The first-order valence-corrected chi connectivity index (χ1v) is 5.50. The van der Waals surface area contributed by atoms with Crippen LogP contribution in [0.15, 0.2) is 0 Å². The molecule has 0 aromatic rings. The number of amides is 2. The smallest absolute Gasteiger partial charge is 0.328 e. The molecule has 7 heteroatoms. The summed E-state index contributed by atoms with van der Waals surface area (Å²) in [6.45, 7) is 0.204. The number of carbonyl (C=O) groups excluding carboxylic acids is 1. The van der Waals surface area contributed by atoms with Crippen LogP contribution in [0.3, 0.4) is 0 Å². The van der Waals surface area contributed by atoms with Crippen molar-refractivity contribution in [2.24, 2.45) is 0 Å². The fourth-order valence-electron chi connectivity index (χ4n) is 1.44. The number of carboxylic acid groups (broad SMARTS) is 1. The molecule has 3 N–H and O–H groups in total. The van der Waals surface area contributed by atoms with Gasteiger partial charge in [-0.3, -0.25) is 0 Å². The van der Waals surface area contributed by atoms with Crippen LogP contribution in [0.2, 0.25) is 0 Å². The van der Waals surface area contributed by atoms with Crippen LogP contribution in [0.25, 0.3) is 0 Å². The Morgan fingerprint density at radius 3 is 2.59 bits per heavy atom. The molecule has 0 spiro atoms. The topological polar surface area (TPSA) is 99.1 Å². The van der Waals surface area contributed by atoms with E-state index < -0.39 is 24.6 Å². The van der Waals surface area contributed by atoms with Crippen LogP contribution >= 0.6 is 0 Å². The van der Waals surface area contributed by atoms with Crippen molar-refractivity contribution < 1.29 is 24.5 Å². The van der Waals surface area contributed by atoms with Gasteiger partial charge in [0.15, 0.2) is 6.04 Å². The number of aliphatic carboxylic acids is 1. The van der Waals surface area contributed by atoms with E-state index in [4.69, 9.17) is 14.9 Å². The van der Waals surface area contributed by atoms with Gasteiger partial charge in [-0.05, 0) is 12.8 Å². The molecule has 98 valence electrons. The summed E-state index contributed by atoms with van der Waals surface area (Å²) < 4.78 is 4.89. The van der Waals surface area contributed by atoms with Gasteiger partial charge in [0.05, 0.1) is 13.2 Å². The lowest BCUT2D eigenvalue weighted by Gasteiger charge is -2.24. The quantitative estimate of drug-likeness (QED) is 0.549. The first-order chi connectivity index (χ1) is 8.10. The highest BCUT2D eigenvalue weighted by atomic mass is 16.5. The predicted molar refractivity (Wildman–Crippen MR) is 58.6 cm³/mol. The van der Waals surface area contributed by atoms with Gasteiger partial charge in [0.1, 0.15) is 0 Å². The molecule has 0 aromatic carbocycles. The van der Waals surface area contributed by atoms with Gasteiger partial charge in [-0.15, -0.1) is 0 Å². The Balaban J connectivity index is 2.49. The van der Waals surface area contributed by atoms with Gasteiger partial charge in [-0.1, -0.05) is 0 Å². The zero-order valence-corrected chi connectivity index (χ0v) is 9.76. The lowest BCUT2D eigenvalue weighted by atomic mass is 10.3. The summed E-state index contributed by atoms with van der Waals surface area (Å²) in [5.74, 6) is -1.25. The molecule has 0 bridgehead atoms. The third-order valence-electron chi connectivity index (χ3n) is 2.56. The van der Waals surface area contributed by atoms with E-state index in [1.54, 1.807) is 4.90 Å². The second kappa shape index (κ2) is 6.41. The van der Waals surface area contributed by atoms with Crippen molar-refractivity contribution in [1.29, 1.82) is 0 Å². The molecule has 0 aliphatic heterocycles. The second-order valence-corrected chi connectivity index (χ2v) is 3.94. The number of aliphatic hydroxyl groups excluding tert-OH is 1. The van der Waals surface area contributed by atoms with E-state index in [-0.39, 0.29) is 6.04 Å².